The fraction of sp³-hybridized carbons (Fsp3) is 0.688. The molecule has 0 unspecified atom stereocenters. The number of carbonyl (C=O) groups is 1. The Morgan fingerprint density at radius 2 is 2.04 bits per heavy atom. The summed E-state index contributed by atoms with van der Waals surface area (Å²) in [6.45, 7) is 4.86. The standard InChI is InChI=1S/C16H25N3O3S/c1-17-5-7-18(8-6-17)13-9-19(10-14(13)20)16(21)15-4-3-12(22-15)11-23-2/h3-4,13-14,20H,5-11H2,1-2H3/t13-,14-/m1/s1. The lowest BCUT2D eigenvalue weighted by molar-refractivity contribution is 0.0512. The van der Waals surface area contributed by atoms with E-state index in [1.807, 2.05) is 12.3 Å². The van der Waals surface area contributed by atoms with Gasteiger partial charge in [0, 0.05) is 39.3 Å². The smallest absolute Gasteiger partial charge is 0.289 e. The molecule has 0 radical (unpaired) electrons. The average molecular weight is 339 g/mol. The maximum absolute atomic E-state index is 12.6. The number of hydrogen-bond donors (Lipinski definition) is 1. The van der Waals surface area contributed by atoms with E-state index in [9.17, 15) is 9.90 Å². The highest BCUT2D eigenvalue weighted by Gasteiger charge is 2.39. The van der Waals surface area contributed by atoms with Crippen molar-refractivity contribution in [3.8, 4) is 0 Å². The van der Waals surface area contributed by atoms with Crippen LogP contribution in [0.15, 0.2) is 16.5 Å². The molecule has 2 saturated heterocycles. The lowest BCUT2D eigenvalue weighted by atomic mass is 10.1. The van der Waals surface area contributed by atoms with Crippen LogP contribution in [0.5, 0.6) is 0 Å². The number of aliphatic hydroxyl groups excluding tert-OH is 1. The zero-order chi connectivity index (χ0) is 16.4. The molecule has 7 heteroatoms. The average Bonchev–Trinajstić information content (AvgIpc) is 3.15. The molecule has 2 fully saturated rings. The van der Waals surface area contributed by atoms with Crippen LogP contribution in [0.25, 0.3) is 0 Å². The van der Waals surface area contributed by atoms with Gasteiger partial charge in [0.2, 0.25) is 0 Å². The van der Waals surface area contributed by atoms with Gasteiger partial charge in [0.05, 0.1) is 17.9 Å². The minimum Gasteiger partial charge on any atom is -0.455 e. The number of rotatable bonds is 4. The van der Waals surface area contributed by atoms with E-state index in [1.54, 1.807) is 22.7 Å². The van der Waals surface area contributed by atoms with Gasteiger partial charge in [-0.3, -0.25) is 9.69 Å². The fourth-order valence-corrected chi connectivity index (χ4v) is 3.76. The quantitative estimate of drug-likeness (QED) is 0.866. The summed E-state index contributed by atoms with van der Waals surface area (Å²) in [5.41, 5.74) is 0. The lowest BCUT2D eigenvalue weighted by Crippen LogP contribution is -2.52. The van der Waals surface area contributed by atoms with Crippen molar-refractivity contribution >= 4 is 17.7 Å². The molecule has 1 aromatic heterocycles. The van der Waals surface area contributed by atoms with Crippen LogP contribution in [0, 0.1) is 0 Å². The summed E-state index contributed by atoms with van der Waals surface area (Å²) in [7, 11) is 2.11. The van der Waals surface area contributed by atoms with Crippen LogP contribution in [-0.4, -0.2) is 90.4 Å². The van der Waals surface area contributed by atoms with E-state index in [1.165, 1.54) is 0 Å². The number of carbonyl (C=O) groups excluding carboxylic acids is 1. The van der Waals surface area contributed by atoms with Gasteiger partial charge in [0.1, 0.15) is 5.76 Å². The van der Waals surface area contributed by atoms with Gasteiger partial charge < -0.3 is 19.3 Å². The summed E-state index contributed by atoms with van der Waals surface area (Å²) in [4.78, 5) is 18.9. The third-order valence-electron chi connectivity index (χ3n) is 4.71. The summed E-state index contributed by atoms with van der Waals surface area (Å²) < 4.78 is 5.61. The summed E-state index contributed by atoms with van der Waals surface area (Å²) in [6, 6.07) is 3.63. The van der Waals surface area contributed by atoms with Crippen molar-refractivity contribution in [1.82, 2.24) is 14.7 Å². The van der Waals surface area contributed by atoms with E-state index in [2.05, 4.69) is 16.8 Å². The van der Waals surface area contributed by atoms with Crippen LogP contribution in [0.2, 0.25) is 0 Å². The summed E-state index contributed by atoms with van der Waals surface area (Å²) in [6.07, 6.45) is 1.52. The van der Waals surface area contributed by atoms with Crippen molar-refractivity contribution in [2.45, 2.75) is 17.9 Å². The van der Waals surface area contributed by atoms with Crippen LogP contribution in [0.3, 0.4) is 0 Å². The summed E-state index contributed by atoms with van der Waals surface area (Å²) >= 11 is 1.66. The first-order valence-electron chi connectivity index (χ1n) is 8.06. The number of piperazine rings is 1. The van der Waals surface area contributed by atoms with E-state index in [4.69, 9.17) is 4.42 Å². The van der Waals surface area contributed by atoms with Gasteiger partial charge in [-0.25, -0.2) is 0 Å². The number of amides is 1. The second kappa shape index (κ2) is 7.25. The molecule has 6 nitrogen and oxygen atoms in total. The lowest BCUT2D eigenvalue weighted by Gasteiger charge is -2.37. The normalized spacial score (nSPS) is 26.8. The van der Waals surface area contributed by atoms with Gasteiger partial charge in [-0.2, -0.15) is 11.8 Å². The molecule has 0 bridgehead atoms. The highest BCUT2D eigenvalue weighted by atomic mass is 32.2. The topological polar surface area (TPSA) is 60.2 Å². The highest BCUT2D eigenvalue weighted by molar-refractivity contribution is 7.97. The molecule has 3 heterocycles. The number of aliphatic hydroxyl groups is 1. The monoisotopic (exact) mass is 339 g/mol. The molecule has 1 amide bonds. The predicted molar refractivity (Wildman–Crippen MR) is 90.7 cm³/mol. The number of furan rings is 1. The zero-order valence-corrected chi connectivity index (χ0v) is 14.6. The van der Waals surface area contributed by atoms with E-state index in [0.717, 1.165) is 37.7 Å². The maximum Gasteiger partial charge on any atom is 0.289 e. The van der Waals surface area contributed by atoms with Crippen molar-refractivity contribution in [2.24, 2.45) is 0 Å². The predicted octanol–water partition coefficient (Wildman–Crippen LogP) is 0.575. The fourth-order valence-electron chi connectivity index (χ4n) is 3.32. The Bertz CT molecular complexity index is 542. The number of likely N-dealkylation sites (tertiary alicyclic amines) is 1. The second-order valence-corrected chi connectivity index (χ2v) is 7.25. The van der Waals surface area contributed by atoms with Crippen molar-refractivity contribution in [3.63, 3.8) is 0 Å². The highest BCUT2D eigenvalue weighted by Crippen LogP contribution is 2.21. The van der Waals surface area contributed by atoms with Gasteiger partial charge >= 0.3 is 0 Å². The van der Waals surface area contributed by atoms with Gasteiger partial charge in [-0.15, -0.1) is 0 Å². The second-order valence-electron chi connectivity index (χ2n) is 6.38. The van der Waals surface area contributed by atoms with E-state index < -0.39 is 6.10 Å². The Labute approximate surface area is 141 Å². The first-order chi connectivity index (χ1) is 11.1. The van der Waals surface area contributed by atoms with Crippen molar-refractivity contribution in [1.29, 1.82) is 0 Å². The Hall–Kier alpha value is -1.02. The molecule has 1 N–H and O–H groups in total. The third kappa shape index (κ3) is 3.74. The van der Waals surface area contributed by atoms with Crippen LogP contribution < -0.4 is 0 Å². The van der Waals surface area contributed by atoms with Crippen LogP contribution >= 0.6 is 11.8 Å². The Morgan fingerprint density at radius 3 is 2.74 bits per heavy atom. The molecule has 0 aliphatic carbocycles. The van der Waals surface area contributed by atoms with E-state index >= 15 is 0 Å². The molecular formula is C16H25N3O3S. The number of likely N-dealkylation sites (N-methyl/N-ethyl adjacent to an activating group) is 1. The summed E-state index contributed by atoms with van der Waals surface area (Å²) in [5.74, 6) is 1.84. The van der Waals surface area contributed by atoms with E-state index in [0.29, 0.717) is 18.8 Å². The van der Waals surface area contributed by atoms with E-state index in [-0.39, 0.29) is 11.9 Å². The van der Waals surface area contributed by atoms with Crippen LogP contribution in [0.1, 0.15) is 16.3 Å². The minimum atomic E-state index is -0.483. The molecule has 2 atom stereocenters. The van der Waals surface area contributed by atoms with Gasteiger partial charge in [0.15, 0.2) is 5.76 Å². The molecule has 0 spiro atoms. The first kappa shape index (κ1) is 16.8. The zero-order valence-electron chi connectivity index (χ0n) is 13.8. The van der Waals surface area contributed by atoms with Crippen molar-refractivity contribution in [2.75, 3.05) is 52.6 Å². The van der Waals surface area contributed by atoms with Gasteiger partial charge in [-0.1, -0.05) is 0 Å². The minimum absolute atomic E-state index is 0.0354. The molecule has 2 aliphatic rings. The van der Waals surface area contributed by atoms with Crippen molar-refractivity contribution < 1.29 is 14.3 Å². The first-order valence-corrected chi connectivity index (χ1v) is 9.45. The van der Waals surface area contributed by atoms with Gasteiger partial charge in [0.25, 0.3) is 5.91 Å². The molecule has 2 aliphatic heterocycles. The number of hydrogen-bond acceptors (Lipinski definition) is 6. The summed E-state index contributed by atoms with van der Waals surface area (Å²) in [5, 5.41) is 10.4. The largest absolute Gasteiger partial charge is 0.455 e. The molecule has 23 heavy (non-hydrogen) atoms. The Kier molecular flexibility index (Phi) is 5.31. The molecule has 128 valence electrons. The molecular weight excluding hydrogens is 314 g/mol. The third-order valence-corrected chi connectivity index (χ3v) is 5.29. The van der Waals surface area contributed by atoms with Gasteiger partial charge in [-0.05, 0) is 25.4 Å². The molecule has 0 saturated carbocycles. The number of thioether (sulfide) groups is 1. The van der Waals surface area contributed by atoms with Crippen molar-refractivity contribution in [3.05, 3.63) is 23.7 Å². The maximum atomic E-state index is 12.6. The van der Waals surface area contributed by atoms with Crippen LogP contribution in [-0.2, 0) is 5.75 Å². The SMILES string of the molecule is CSCc1ccc(C(=O)N2C[C@@H](O)[C@H](N3CCN(C)CC3)C2)o1. The molecule has 3 rings (SSSR count). The van der Waals surface area contributed by atoms with Crippen LogP contribution in [0.4, 0.5) is 0 Å². The number of nitrogens with zero attached hydrogens (tertiary/aromatic N) is 3. The number of β-amino-alcohol motifs (C(OH)–C–C–N with tert-alkyl or cyclic N) is 1. The Morgan fingerprint density at radius 1 is 1.30 bits per heavy atom. The Balaban J connectivity index is 1.62. The molecule has 1 aromatic rings. The molecule has 0 aromatic carbocycles.